The SMILES string of the molecule is CC(NC(=O)C(C)(CO)CO)c1ccc(C(=O)OCc2ccccc2)cc1. The molecule has 0 radical (unpaired) electrons. The Kier molecular flexibility index (Phi) is 7.10. The van der Waals surface area contributed by atoms with E-state index in [9.17, 15) is 19.8 Å². The lowest BCUT2D eigenvalue weighted by atomic mass is 9.91. The van der Waals surface area contributed by atoms with Gasteiger partial charge < -0.3 is 20.3 Å². The zero-order valence-corrected chi connectivity index (χ0v) is 15.5. The van der Waals surface area contributed by atoms with Crippen molar-refractivity contribution in [2.24, 2.45) is 5.41 Å². The van der Waals surface area contributed by atoms with E-state index in [-0.39, 0.29) is 12.6 Å². The third kappa shape index (κ3) is 5.39. The number of aliphatic hydroxyl groups excluding tert-OH is 2. The summed E-state index contributed by atoms with van der Waals surface area (Å²) in [5, 5.41) is 21.4. The van der Waals surface area contributed by atoms with Gasteiger partial charge in [-0.1, -0.05) is 42.5 Å². The minimum absolute atomic E-state index is 0.203. The first-order valence-corrected chi connectivity index (χ1v) is 8.73. The molecular weight excluding hydrogens is 346 g/mol. The van der Waals surface area contributed by atoms with Gasteiger partial charge in [-0.2, -0.15) is 0 Å². The second-order valence-corrected chi connectivity index (χ2v) is 6.76. The summed E-state index contributed by atoms with van der Waals surface area (Å²) in [4.78, 5) is 24.3. The average molecular weight is 371 g/mol. The molecule has 0 spiro atoms. The number of aliphatic hydroxyl groups is 2. The maximum atomic E-state index is 12.2. The molecule has 6 nitrogen and oxygen atoms in total. The number of hydrogen-bond donors (Lipinski definition) is 3. The minimum Gasteiger partial charge on any atom is -0.457 e. The molecule has 2 aromatic rings. The molecule has 1 atom stereocenters. The lowest BCUT2D eigenvalue weighted by Crippen LogP contribution is -2.44. The van der Waals surface area contributed by atoms with Crippen LogP contribution in [0.3, 0.4) is 0 Å². The zero-order valence-electron chi connectivity index (χ0n) is 15.5. The number of amides is 1. The predicted octanol–water partition coefficient (Wildman–Crippen LogP) is 2.21. The van der Waals surface area contributed by atoms with Crippen LogP contribution in [0.5, 0.6) is 0 Å². The number of carbonyl (C=O) groups excluding carboxylic acids is 2. The fourth-order valence-corrected chi connectivity index (χ4v) is 2.36. The maximum absolute atomic E-state index is 12.2. The Hall–Kier alpha value is -2.70. The highest BCUT2D eigenvalue weighted by Crippen LogP contribution is 2.19. The van der Waals surface area contributed by atoms with Gasteiger partial charge in [-0.15, -0.1) is 0 Å². The molecule has 2 rings (SSSR count). The smallest absolute Gasteiger partial charge is 0.338 e. The Bertz CT molecular complexity index is 754. The summed E-state index contributed by atoms with van der Waals surface area (Å²) in [6, 6.07) is 15.8. The number of esters is 1. The molecule has 3 N–H and O–H groups in total. The summed E-state index contributed by atoms with van der Waals surface area (Å²) in [5.74, 6) is -0.860. The fourth-order valence-electron chi connectivity index (χ4n) is 2.36. The van der Waals surface area contributed by atoms with E-state index in [0.717, 1.165) is 11.1 Å². The van der Waals surface area contributed by atoms with Gasteiger partial charge in [0.1, 0.15) is 6.61 Å². The van der Waals surface area contributed by atoms with Crippen molar-refractivity contribution in [2.45, 2.75) is 26.5 Å². The Labute approximate surface area is 158 Å². The van der Waals surface area contributed by atoms with E-state index < -0.39 is 30.5 Å². The second-order valence-electron chi connectivity index (χ2n) is 6.76. The molecule has 0 saturated carbocycles. The van der Waals surface area contributed by atoms with Crippen molar-refractivity contribution in [3.8, 4) is 0 Å². The first-order valence-electron chi connectivity index (χ1n) is 8.73. The molecule has 1 amide bonds. The molecule has 6 heteroatoms. The van der Waals surface area contributed by atoms with Crippen LogP contribution in [-0.2, 0) is 16.1 Å². The van der Waals surface area contributed by atoms with E-state index in [1.165, 1.54) is 6.92 Å². The zero-order chi connectivity index (χ0) is 19.9. The van der Waals surface area contributed by atoms with E-state index in [4.69, 9.17) is 4.74 Å². The molecule has 0 saturated heterocycles. The van der Waals surface area contributed by atoms with E-state index >= 15 is 0 Å². The number of carbonyl (C=O) groups is 2. The Morgan fingerprint density at radius 3 is 2.19 bits per heavy atom. The topological polar surface area (TPSA) is 95.9 Å². The van der Waals surface area contributed by atoms with Crippen LogP contribution in [0.4, 0.5) is 0 Å². The summed E-state index contributed by atoms with van der Waals surface area (Å²) < 4.78 is 5.29. The highest BCUT2D eigenvalue weighted by atomic mass is 16.5. The van der Waals surface area contributed by atoms with Crippen LogP contribution in [-0.4, -0.2) is 35.3 Å². The van der Waals surface area contributed by atoms with E-state index in [0.29, 0.717) is 5.56 Å². The maximum Gasteiger partial charge on any atom is 0.338 e. The molecule has 0 aliphatic heterocycles. The number of ether oxygens (including phenoxy) is 1. The van der Waals surface area contributed by atoms with Gasteiger partial charge in [-0.05, 0) is 37.1 Å². The van der Waals surface area contributed by atoms with Crippen molar-refractivity contribution < 1.29 is 24.5 Å². The quantitative estimate of drug-likeness (QED) is 0.619. The molecular formula is C21H25NO5. The predicted molar refractivity (Wildman–Crippen MR) is 101 cm³/mol. The Morgan fingerprint density at radius 1 is 1.04 bits per heavy atom. The molecule has 0 bridgehead atoms. The number of hydrogen-bond acceptors (Lipinski definition) is 5. The van der Waals surface area contributed by atoms with Crippen LogP contribution in [0.25, 0.3) is 0 Å². The van der Waals surface area contributed by atoms with Crippen molar-refractivity contribution in [3.05, 3.63) is 71.3 Å². The summed E-state index contributed by atoms with van der Waals surface area (Å²) >= 11 is 0. The molecule has 2 aromatic carbocycles. The van der Waals surface area contributed by atoms with Crippen molar-refractivity contribution in [3.63, 3.8) is 0 Å². The highest BCUT2D eigenvalue weighted by molar-refractivity contribution is 5.89. The fraction of sp³-hybridized carbons (Fsp3) is 0.333. The van der Waals surface area contributed by atoms with Crippen LogP contribution in [0.1, 0.15) is 41.4 Å². The lowest BCUT2D eigenvalue weighted by Gasteiger charge is -2.26. The van der Waals surface area contributed by atoms with E-state index in [1.54, 1.807) is 31.2 Å². The summed E-state index contributed by atoms with van der Waals surface area (Å²) in [7, 11) is 0. The largest absolute Gasteiger partial charge is 0.457 e. The summed E-state index contributed by atoms with van der Waals surface area (Å²) in [5.41, 5.74) is 0.884. The normalized spacial score (nSPS) is 12.3. The van der Waals surface area contributed by atoms with Crippen molar-refractivity contribution in [2.75, 3.05) is 13.2 Å². The van der Waals surface area contributed by atoms with Gasteiger partial charge >= 0.3 is 5.97 Å². The van der Waals surface area contributed by atoms with E-state index in [1.807, 2.05) is 30.3 Å². The molecule has 0 fully saturated rings. The molecule has 27 heavy (non-hydrogen) atoms. The Morgan fingerprint density at radius 2 is 1.63 bits per heavy atom. The van der Waals surface area contributed by atoms with Crippen LogP contribution < -0.4 is 5.32 Å². The first kappa shape index (κ1) is 20.6. The van der Waals surface area contributed by atoms with Crippen LogP contribution in [0.15, 0.2) is 54.6 Å². The number of benzene rings is 2. The first-order chi connectivity index (χ1) is 12.9. The second kappa shape index (κ2) is 9.30. The molecule has 144 valence electrons. The van der Waals surface area contributed by atoms with Gasteiger partial charge in [-0.25, -0.2) is 4.79 Å². The van der Waals surface area contributed by atoms with Gasteiger partial charge in [0.15, 0.2) is 0 Å². The minimum atomic E-state index is -1.24. The van der Waals surface area contributed by atoms with E-state index in [2.05, 4.69) is 5.32 Å². The van der Waals surface area contributed by atoms with Gasteiger partial charge in [0.2, 0.25) is 5.91 Å². The monoisotopic (exact) mass is 371 g/mol. The van der Waals surface area contributed by atoms with Crippen molar-refractivity contribution >= 4 is 11.9 Å². The molecule has 0 aliphatic rings. The summed E-state index contributed by atoms with van der Waals surface area (Å²) in [6.45, 7) is 2.58. The summed E-state index contributed by atoms with van der Waals surface area (Å²) in [6.07, 6.45) is 0. The van der Waals surface area contributed by atoms with Gasteiger partial charge in [-0.3, -0.25) is 4.79 Å². The third-order valence-corrected chi connectivity index (χ3v) is 4.45. The lowest BCUT2D eigenvalue weighted by molar-refractivity contribution is -0.135. The Balaban J connectivity index is 1.95. The van der Waals surface area contributed by atoms with Crippen molar-refractivity contribution in [1.29, 1.82) is 0 Å². The number of rotatable bonds is 8. The average Bonchev–Trinajstić information content (AvgIpc) is 2.72. The molecule has 0 heterocycles. The van der Waals surface area contributed by atoms with Crippen molar-refractivity contribution in [1.82, 2.24) is 5.32 Å². The highest BCUT2D eigenvalue weighted by Gasteiger charge is 2.32. The third-order valence-electron chi connectivity index (χ3n) is 4.45. The van der Waals surface area contributed by atoms with Gasteiger partial charge in [0.25, 0.3) is 0 Å². The molecule has 1 unspecified atom stereocenters. The van der Waals surface area contributed by atoms with Crippen LogP contribution in [0.2, 0.25) is 0 Å². The number of nitrogens with one attached hydrogen (secondary N) is 1. The molecule has 0 aromatic heterocycles. The van der Waals surface area contributed by atoms with Crippen LogP contribution >= 0.6 is 0 Å². The van der Waals surface area contributed by atoms with Gasteiger partial charge in [0.05, 0.1) is 30.2 Å². The van der Waals surface area contributed by atoms with Gasteiger partial charge in [0, 0.05) is 0 Å². The van der Waals surface area contributed by atoms with Crippen LogP contribution in [0, 0.1) is 5.41 Å². The molecule has 0 aliphatic carbocycles. The standard InChI is InChI=1S/C21H25NO5/c1-15(22-20(26)21(2,13-23)14-24)17-8-10-18(11-9-17)19(25)27-12-16-6-4-3-5-7-16/h3-11,15,23-24H,12-14H2,1-2H3,(H,22,26).